The molecule has 3 N–H and O–H groups in total. The van der Waals surface area contributed by atoms with Gasteiger partial charge in [-0.25, -0.2) is 0 Å². The molecule has 0 aliphatic rings. The Balaban J connectivity index is 2.24. The number of thiophene rings is 1. The van der Waals surface area contributed by atoms with Crippen molar-refractivity contribution in [2.24, 2.45) is 0 Å². The van der Waals surface area contributed by atoms with Crippen molar-refractivity contribution in [3.8, 4) is 0 Å². The monoisotopic (exact) mass is 308 g/mol. The fourth-order valence-electron chi connectivity index (χ4n) is 1.84. The lowest BCUT2D eigenvalue weighted by atomic mass is 10.1. The zero-order valence-electron chi connectivity index (χ0n) is 12.2. The fourth-order valence-corrected chi connectivity index (χ4v) is 3.19. The first kappa shape index (κ1) is 15.2. The molecule has 0 saturated heterocycles. The third kappa shape index (κ3) is 3.10. The third-order valence-corrected chi connectivity index (χ3v) is 5.73. The molecular weight excluding hydrogens is 288 g/mol. The summed E-state index contributed by atoms with van der Waals surface area (Å²) in [5.74, 6) is -0.0801. The minimum Gasteiger partial charge on any atom is -0.397 e. The van der Waals surface area contributed by atoms with Crippen molar-refractivity contribution in [2.45, 2.75) is 25.5 Å². The van der Waals surface area contributed by atoms with Gasteiger partial charge in [0.05, 0.1) is 5.69 Å². The van der Waals surface area contributed by atoms with Crippen LogP contribution in [0, 0.1) is 6.92 Å². The maximum absolute atomic E-state index is 12.3. The van der Waals surface area contributed by atoms with Gasteiger partial charge in [-0.3, -0.25) is 4.79 Å². The summed E-state index contributed by atoms with van der Waals surface area (Å²) in [7, 11) is 0. The molecular formula is C15H20N2OS2. The van der Waals surface area contributed by atoms with Gasteiger partial charge in [-0.05, 0) is 38.7 Å². The molecule has 0 radical (unpaired) electrons. The van der Waals surface area contributed by atoms with Gasteiger partial charge in [0, 0.05) is 21.4 Å². The normalized spacial score (nSPS) is 11.8. The predicted molar refractivity (Wildman–Crippen MR) is 90.9 cm³/mol. The molecule has 2 rings (SSSR count). The van der Waals surface area contributed by atoms with E-state index in [2.05, 4.69) is 25.2 Å². The average molecular weight is 308 g/mol. The molecule has 0 atom stereocenters. The molecule has 0 saturated carbocycles. The number of hydrogen-bond donors (Lipinski definition) is 2. The molecule has 0 fully saturated rings. The number of amides is 1. The van der Waals surface area contributed by atoms with Gasteiger partial charge in [0.25, 0.3) is 5.91 Å². The van der Waals surface area contributed by atoms with E-state index in [9.17, 15) is 4.79 Å². The zero-order chi connectivity index (χ0) is 14.9. The Morgan fingerprint density at radius 1 is 1.45 bits per heavy atom. The van der Waals surface area contributed by atoms with Gasteiger partial charge in [0.1, 0.15) is 4.88 Å². The van der Waals surface area contributed by atoms with E-state index in [1.807, 2.05) is 25.3 Å². The van der Waals surface area contributed by atoms with Crippen molar-refractivity contribution >= 4 is 44.8 Å². The molecule has 1 amide bonds. The summed E-state index contributed by atoms with van der Waals surface area (Å²) >= 11 is 3.19. The van der Waals surface area contributed by atoms with E-state index in [0.29, 0.717) is 17.1 Å². The number of benzene rings is 1. The minimum absolute atomic E-state index is 0.0255. The summed E-state index contributed by atoms with van der Waals surface area (Å²) in [6, 6.07) is 6.07. The minimum atomic E-state index is -0.0801. The molecule has 1 aromatic heterocycles. The van der Waals surface area contributed by atoms with Gasteiger partial charge < -0.3 is 11.1 Å². The van der Waals surface area contributed by atoms with E-state index in [1.54, 1.807) is 11.8 Å². The van der Waals surface area contributed by atoms with Crippen molar-refractivity contribution in [1.29, 1.82) is 0 Å². The number of rotatable bonds is 4. The van der Waals surface area contributed by atoms with Crippen LogP contribution in [0.2, 0.25) is 0 Å². The van der Waals surface area contributed by atoms with Crippen LogP contribution in [0.5, 0.6) is 0 Å². The molecule has 0 spiro atoms. The summed E-state index contributed by atoms with van der Waals surface area (Å²) in [5.41, 5.74) is 7.87. The number of anilines is 1. The van der Waals surface area contributed by atoms with E-state index < -0.39 is 0 Å². The summed E-state index contributed by atoms with van der Waals surface area (Å²) in [4.78, 5) is 12.9. The molecule has 5 heteroatoms. The molecule has 3 nitrogen and oxygen atoms in total. The van der Waals surface area contributed by atoms with E-state index in [1.165, 1.54) is 16.9 Å². The van der Waals surface area contributed by atoms with Gasteiger partial charge in [-0.2, -0.15) is 11.8 Å². The lowest BCUT2D eigenvalue weighted by Gasteiger charge is -2.22. The van der Waals surface area contributed by atoms with Gasteiger partial charge in [-0.15, -0.1) is 11.3 Å². The highest BCUT2D eigenvalue weighted by Crippen LogP contribution is 2.34. The van der Waals surface area contributed by atoms with Crippen LogP contribution in [0.25, 0.3) is 10.1 Å². The maximum Gasteiger partial charge on any atom is 0.263 e. The summed E-state index contributed by atoms with van der Waals surface area (Å²) < 4.78 is 1.09. The van der Waals surface area contributed by atoms with Crippen molar-refractivity contribution < 1.29 is 4.79 Å². The van der Waals surface area contributed by atoms with Gasteiger partial charge in [-0.1, -0.05) is 12.1 Å². The van der Waals surface area contributed by atoms with E-state index in [4.69, 9.17) is 5.73 Å². The van der Waals surface area contributed by atoms with Crippen molar-refractivity contribution in [2.75, 3.05) is 18.5 Å². The number of nitrogens with two attached hydrogens (primary N) is 1. The topological polar surface area (TPSA) is 55.1 Å². The van der Waals surface area contributed by atoms with Gasteiger partial charge in [0.15, 0.2) is 0 Å². The predicted octanol–water partition coefficient (Wildman–Crippen LogP) is 3.66. The van der Waals surface area contributed by atoms with Gasteiger partial charge >= 0.3 is 0 Å². The first-order valence-electron chi connectivity index (χ1n) is 6.46. The Labute approximate surface area is 127 Å². The van der Waals surface area contributed by atoms with Crippen LogP contribution < -0.4 is 11.1 Å². The standard InChI is InChI=1S/C15H20N2OS2/c1-9-5-6-10-11(7-9)20-13(12(10)16)14(18)17-8-15(2,3)19-4/h5-7H,8,16H2,1-4H3,(H,17,18). The van der Waals surface area contributed by atoms with E-state index in [0.717, 1.165) is 10.1 Å². The molecule has 1 heterocycles. The smallest absolute Gasteiger partial charge is 0.263 e. The summed E-state index contributed by atoms with van der Waals surface area (Å²) in [6.45, 7) is 6.88. The molecule has 1 aromatic carbocycles. The number of carbonyl (C=O) groups is 1. The first-order chi connectivity index (χ1) is 9.34. The molecule has 0 bridgehead atoms. The average Bonchev–Trinajstić information content (AvgIpc) is 2.73. The molecule has 0 unspecified atom stereocenters. The quantitative estimate of drug-likeness (QED) is 0.906. The van der Waals surface area contributed by atoms with Crippen LogP contribution in [-0.4, -0.2) is 23.5 Å². The highest BCUT2D eigenvalue weighted by Gasteiger charge is 2.20. The second-order valence-corrected chi connectivity index (χ2v) is 8.06. The Hall–Kier alpha value is -1.20. The van der Waals surface area contributed by atoms with Crippen LogP contribution in [0.3, 0.4) is 0 Å². The molecule has 0 aliphatic carbocycles. The number of nitrogen functional groups attached to an aromatic ring is 1. The largest absolute Gasteiger partial charge is 0.397 e. The van der Waals surface area contributed by atoms with Gasteiger partial charge in [0.2, 0.25) is 0 Å². The number of thioether (sulfide) groups is 1. The summed E-state index contributed by atoms with van der Waals surface area (Å²) in [6.07, 6.45) is 2.04. The van der Waals surface area contributed by atoms with Crippen LogP contribution in [0.4, 0.5) is 5.69 Å². The molecule has 0 aliphatic heterocycles. The van der Waals surface area contributed by atoms with Crippen LogP contribution in [0.1, 0.15) is 29.1 Å². The maximum atomic E-state index is 12.3. The molecule has 108 valence electrons. The Kier molecular flexibility index (Phi) is 4.30. The van der Waals surface area contributed by atoms with Crippen LogP contribution in [-0.2, 0) is 0 Å². The van der Waals surface area contributed by atoms with E-state index >= 15 is 0 Å². The number of aryl methyl sites for hydroxylation is 1. The number of nitrogens with one attached hydrogen (secondary N) is 1. The highest BCUT2D eigenvalue weighted by molar-refractivity contribution is 7.99. The number of hydrogen-bond acceptors (Lipinski definition) is 4. The third-order valence-electron chi connectivity index (χ3n) is 3.32. The fraction of sp³-hybridized carbons (Fsp3) is 0.400. The second-order valence-electron chi connectivity index (χ2n) is 5.49. The van der Waals surface area contributed by atoms with Crippen LogP contribution in [0.15, 0.2) is 18.2 Å². The lowest BCUT2D eigenvalue weighted by Crippen LogP contribution is -2.35. The molecule has 2 aromatic rings. The highest BCUT2D eigenvalue weighted by atomic mass is 32.2. The number of carbonyl (C=O) groups excluding carboxylic acids is 1. The Morgan fingerprint density at radius 2 is 2.15 bits per heavy atom. The molecule has 20 heavy (non-hydrogen) atoms. The van der Waals surface area contributed by atoms with Crippen molar-refractivity contribution in [3.05, 3.63) is 28.6 Å². The van der Waals surface area contributed by atoms with Crippen molar-refractivity contribution in [1.82, 2.24) is 5.32 Å². The SMILES string of the molecule is CSC(C)(C)CNC(=O)c1sc2cc(C)ccc2c1N. The van der Waals surface area contributed by atoms with Crippen molar-refractivity contribution in [3.63, 3.8) is 0 Å². The second kappa shape index (κ2) is 5.66. The first-order valence-corrected chi connectivity index (χ1v) is 8.50. The lowest BCUT2D eigenvalue weighted by molar-refractivity contribution is 0.0955. The Morgan fingerprint density at radius 3 is 2.80 bits per heavy atom. The van der Waals surface area contributed by atoms with Crippen LogP contribution >= 0.6 is 23.1 Å². The Bertz CT molecular complexity index is 647. The van der Waals surface area contributed by atoms with E-state index in [-0.39, 0.29) is 10.7 Å². The zero-order valence-corrected chi connectivity index (χ0v) is 13.9. The summed E-state index contributed by atoms with van der Waals surface area (Å²) in [5, 5.41) is 3.94. The number of fused-ring (bicyclic) bond motifs is 1.